The van der Waals surface area contributed by atoms with Crippen LogP contribution in [0, 0.1) is 15.5 Å². The number of esters is 1. The number of carbonyl (C=O) groups excluding carboxylic acids is 1. The zero-order valence-electron chi connectivity index (χ0n) is 14.2. The summed E-state index contributed by atoms with van der Waals surface area (Å²) in [6.07, 6.45) is 2.53. The minimum atomic E-state index is -2.18. The third-order valence-electron chi connectivity index (χ3n) is 3.27. The monoisotopic (exact) mass is 402 g/mol. The van der Waals surface area contributed by atoms with Gasteiger partial charge in [0.15, 0.2) is 0 Å². The maximum atomic E-state index is 12.5. The van der Waals surface area contributed by atoms with E-state index in [-0.39, 0.29) is 17.1 Å². The average molecular weight is 403 g/mol. The quantitative estimate of drug-likeness (QED) is 0.315. The summed E-state index contributed by atoms with van der Waals surface area (Å²) >= 11 is 12.1. The SMILES string of the molecule is CC(C)(C)C(=O)OC(Cn1cncn1)(O[N+](=O)[O-])c1ccc(Cl)cc1Cl. The van der Waals surface area contributed by atoms with E-state index in [0.29, 0.717) is 5.02 Å². The zero-order valence-corrected chi connectivity index (χ0v) is 15.7. The number of benzene rings is 1. The second-order valence-electron chi connectivity index (χ2n) is 6.42. The van der Waals surface area contributed by atoms with E-state index in [1.807, 2.05) is 0 Å². The Morgan fingerprint density at radius 1 is 1.35 bits per heavy atom. The fraction of sp³-hybridized carbons (Fsp3) is 0.400. The third-order valence-corrected chi connectivity index (χ3v) is 3.82. The molecule has 0 aliphatic carbocycles. The first kappa shape index (κ1) is 19.9. The van der Waals surface area contributed by atoms with Gasteiger partial charge in [-0.3, -0.25) is 9.63 Å². The summed E-state index contributed by atoms with van der Waals surface area (Å²) in [5.41, 5.74) is -0.902. The van der Waals surface area contributed by atoms with E-state index in [4.69, 9.17) is 32.8 Å². The molecule has 0 N–H and O–H groups in total. The smallest absolute Gasteiger partial charge is 0.313 e. The van der Waals surface area contributed by atoms with Gasteiger partial charge in [-0.2, -0.15) is 5.10 Å². The summed E-state index contributed by atoms with van der Waals surface area (Å²) in [6.45, 7) is 4.46. The van der Waals surface area contributed by atoms with Crippen molar-refractivity contribution in [2.75, 3.05) is 0 Å². The Morgan fingerprint density at radius 2 is 2.04 bits per heavy atom. The van der Waals surface area contributed by atoms with Gasteiger partial charge in [0, 0.05) is 10.6 Å². The van der Waals surface area contributed by atoms with Crippen molar-refractivity contribution in [3.63, 3.8) is 0 Å². The van der Waals surface area contributed by atoms with Crippen LogP contribution >= 0.6 is 23.2 Å². The Hall–Kier alpha value is -2.39. The molecule has 0 radical (unpaired) electrons. The van der Waals surface area contributed by atoms with Crippen LogP contribution in [0.25, 0.3) is 0 Å². The van der Waals surface area contributed by atoms with Crippen molar-refractivity contribution in [3.05, 3.63) is 56.6 Å². The number of hydrogen-bond acceptors (Lipinski definition) is 7. The predicted octanol–water partition coefficient (Wildman–Crippen LogP) is 3.24. The molecule has 1 unspecified atom stereocenters. The summed E-state index contributed by atoms with van der Waals surface area (Å²) < 4.78 is 6.70. The molecule has 0 saturated carbocycles. The highest BCUT2D eigenvalue weighted by atomic mass is 35.5. The molecule has 0 aliphatic heterocycles. The molecule has 0 bridgehead atoms. The fourth-order valence-corrected chi connectivity index (χ4v) is 2.57. The number of hydrogen-bond donors (Lipinski definition) is 0. The number of rotatable bonds is 6. The highest BCUT2D eigenvalue weighted by Crippen LogP contribution is 2.37. The fourth-order valence-electron chi connectivity index (χ4n) is 2.02. The molecule has 1 atom stereocenters. The van der Waals surface area contributed by atoms with Gasteiger partial charge in [-0.05, 0) is 39.0 Å². The van der Waals surface area contributed by atoms with Crippen molar-refractivity contribution in [1.82, 2.24) is 14.8 Å². The Labute approximate surface area is 158 Å². The second kappa shape index (κ2) is 7.46. The van der Waals surface area contributed by atoms with Crippen LogP contribution in [0.2, 0.25) is 10.0 Å². The second-order valence-corrected chi connectivity index (χ2v) is 7.27. The van der Waals surface area contributed by atoms with Gasteiger partial charge in [0.2, 0.25) is 0 Å². The molecule has 0 amide bonds. The van der Waals surface area contributed by atoms with Crippen molar-refractivity contribution < 1.29 is 19.5 Å². The van der Waals surface area contributed by atoms with E-state index >= 15 is 0 Å². The first-order valence-corrected chi connectivity index (χ1v) is 8.14. The molecule has 0 saturated heterocycles. The summed E-state index contributed by atoms with van der Waals surface area (Å²) in [5, 5.41) is 14.4. The lowest BCUT2D eigenvalue weighted by molar-refractivity contribution is -0.800. The molecule has 9 nitrogen and oxygen atoms in total. The summed E-state index contributed by atoms with van der Waals surface area (Å²) in [4.78, 5) is 32.3. The maximum absolute atomic E-state index is 12.5. The van der Waals surface area contributed by atoms with Crippen LogP contribution in [-0.4, -0.2) is 25.8 Å². The first-order valence-electron chi connectivity index (χ1n) is 7.38. The van der Waals surface area contributed by atoms with Gasteiger partial charge in [0.1, 0.15) is 19.2 Å². The topological polar surface area (TPSA) is 109 Å². The highest BCUT2D eigenvalue weighted by Gasteiger charge is 2.45. The molecule has 2 rings (SSSR count). The lowest BCUT2D eigenvalue weighted by atomic mass is 9.96. The minimum absolute atomic E-state index is 0.0289. The average Bonchev–Trinajstić information content (AvgIpc) is 2.97. The lowest BCUT2D eigenvalue weighted by Crippen LogP contribution is -2.44. The molecule has 2 aromatic rings. The van der Waals surface area contributed by atoms with Crippen molar-refractivity contribution in [2.24, 2.45) is 5.41 Å². The number of ether oxygens (including phenoxy) is 1. The standard InChI is InChI=1S/C15H16Cl2N4O5/c1-14(2,3)13(22)25-15(26-21(23)24,7-20-9-18-8-19-20)11-5-4-10(16)6-12(11)17/h4-6,8-9H,7H2,1-3H3. The van der Waals surface area contributed by atoms with Crippen LogP contribution in [-0.2, 0) is 26.7 Å². The molecule has 0 fully saturated rings. The Bertz CT molecular complexity index is 807. The Kier molecular flexibility index (Phi) is 5.72. The van der Waals surface area contributed by atoms with Crippen LogP contribution in [0.15, 0.2) is 30.9 Å². The van der Waals surface area contributed by atoms with Crippen LogP contribution in [0.1, 0.15) is 26.3 Å². The normalized spacial score (nSPS) is 13.7. The van der Waals surface area contributed by atoms with Crippen LogP contribution in [0.3, 0.4) is 0 Å². The van der Waals surface area contributed by atoms with Crippen molar-refractivity contribution in [1.29, 1.82) is 0 Å². The molecule has 140 valence electrons. The van der Waals surface area contributed by atoms with E-state index in [1.165, 1.54) is 35.5 Å². The molecule has 1 aromatic carbocycles. The van der Waals surface area contributed by atoms with Gasteiger partial charge in [-0.15, -0.1) is 10.1 Å². The van der Waals surface area contributed by atoms with E-state index in [0.717, 1.165) is 0 Å². The number of aromatic nitrogens is 3. The molecule has 1 heterocycles. The third kappa shape index (κ3) is 4.61. The van der Waals surface area contributed by atoms with Gasteiger partial charge in [0.25, 0.3) is 5.09 Å². The van der Waals surface area contributed by atoms with E-state index in [1.54, 1.807) is 20.8 Å². The molecule has 0 aliphatic rings. The largest absolute Gasteiger partial charge is 0.426 e. The number of nitrogens with zero attached hydrogens (tertiary/aromatic N) is 4. The van der Waals surface area contributed by atoms with Crippen LogP contribution < -0.4 is 0 Å². The number of halogens is 2. The Morgan fingerprint density at radius 3 is 2.54 bits per heavy atom. The van der Waals surface area contributed by atoms with Crippen molar-refractivity contribution in [2.45, 2.75) is 33.1 Å². The first-order chi connectivity index (χ1) is 12.0. The molecule has 1 aromatic heterocycles. The van der Waals surface area contributed by atoms with E-state index in [2.05, 4.69) is 10.1 Å². The van der Waals surface area contributed by atoms with Gasteiger partial charge in [-0.1, -0.05) is 23.2 Å². The Balaban J connectivity index is 2.61. The van der Waals surface area contributed by atoms with Crippen molar-refractivity contribution >= 4 is 29.2 Å². The summed E-state index contributed by atoms with van der Waals surface area (Å²) in [5.74, 6) is -2.91. The summed E-state index contributed by atoms with van der Waals surface area (Å²) in [7, 11) is 0. The molecule has 0 spiro atoms. The van der Waals surface area contributed by atoms with Gasteiger partial charge < -0.3 is 4.74 Å². The molecule has 11 heteroatoms. The van der Waals surface area contributed by atoms with E-state index in [9.17, 15) is 14.9 Å². The summed E-state index contributed by atoms with van der Waals surface area (Å²) in [6, 6.07) is 4.21. The lowest BCUT2D eigenvalue weighted by Gasteiger charge is -2.34. The highest BCUT2D eigenvalue weighted by molar-refractivity contribution is 6.35. The van der Waals surface area contributed by atoms with Crippen LogP contribution in [0.4, 0.5) is 0 Å². The molecule has 26 heavy (non-hydrogen) atoms. The van der Waals surface area contributed by atoms with Crippen molar-refractivity contribution in [3.8, 4) is 0 Å². The van der Waals surface area contributed by atoms with E-state index < -0.39 is 22.3 Å². The number of carbonyl (C=O) groups is 1. The van der Waals surface area contributed by atoms with Gasteiger partial charge in [-0.25, -0.2) is 9.67 Å². The van der Waals surface area contributed by atoms with Gasteiger partial charge in [0.05, 0.1) is 10.4 Å². The maximum Gasteiger partial charge on any atom is 0.313 e. The zero-order chi connectivity index (χ0) is 19.5. The van der Waals surface area contributed by atoms with Crippen LogP contribution in [0.5, 0.6) is 0 Å². The van der Waals surface area contributed by atoms with Gasteiger partial charge >= 0.3 is 11.8 Å². The molecular weight excluding hydrogens is 387 g/mol. The molecular formula is C15H16Cl2N4O5. The predicted molar refractivity (Wildman–Crippen MR) is 91.8 cm³/mol. The minimum Gasteiger partial charge on any atom is -0.426 e.